The van der Waals surface area contributed by atoms with E-state index in [-0.39, 0.29) is 18.6 Å². The van der Waals surface area contributed by atoms with Crippen LogP contribution in [0.3, 0.4) is 0 Å². The van der Waals surface area contributed by atoms with E-state index < -0.39 is 6.04 Å². The fraction of sp³-hybridized carbons (Fsp3) is 0.421. The summed E-state index contributed by atoms with van der Waals surface area (Å²) in [5.41, 5.74) is 2.73. The van der Waals surface area contributed by atoms with Crippen LogP contribution in [-0.2, 0) is 9.53 Å². The van der Waals surface area contributed by atoms with Crippen LogP contribution >= 0.6 is 12.2 Å². The van der Waals surface area contributed by atoms with Crippen LogP contribution in [0.1, 0.15) is 39.3 Å². The van der Waals surface area contributed by atoms with Crippen LogP contribution < -0.4 is 16.0 Å². The van der Waals surface area contributed by atoms with Crippen LogP contribution in [0.15, 0.2) is 35.5 Å². The zero-order valence-electron chi connectivity index (χ0n) is 16.1. The number of carbonyl (C=O) groups is 2. The molecule has 1 aromatic carbocycles. The van der Waals surface area contributed by atoms with Crippen LogP contribution in [0.2, 0.25) is 0 Å². The number of rotatable bonds is 6. The van der Waals surface area contributed by atoms with Crippen molar-refractivity contribution in [2.45, 2.75) is 33.7 Å². The molecule has 146 valence electrons. The van der Waals surface area contributed by atoms with Gasteiger partial charge in [-0.1, -0.05) is 12.1 Å². The smallest absolute Gasteiger partial charge is 0.338 e. The minimum atomic E-state index is -0.449. The first-order valence-corrected chi connectivity index (χ1v) is 9.44. The maximum absolute atomic E-state index is 12.6. The average molecular weight is 391 g/mol. The van der Waals surface area contributed by atoms with Crippen molar-refractivity contribution >= 4 is 35.0 Å². The van der Waals surface area contributed by atoms with Crippen molar-refractivity contribution < 1.29 is 14.3 Å². The van der Waals surface area contributed by atoms with Crippen molar-refractivity contribution in [2.75, 3.05) is 25.0 Å². The van der Waals surface area contributed by atoms with Crippen molar-refractivity contribution in [2.24, 2.45) is 0 Å². The molecule has 0 spiro atoms. The number of nitrogens with zero attached hydrogens (tertiary/aromatic N) is 1. The van der Waals surface area contributed by atoms with E-state index >= 15 is 0 Å². The number of amides is 2. The van der Waals surface area contributed by atoms with Gasteiger partial charge in [-0.25, -0.2) is 9.59 Å². The number of ether oxygens (including phenoxy) is 1. The molecule has 2 rings (SSSR count). The summed E-state index contributed by atoms with van der Waals surface area (Å²) < 4.78 is 5.27. The lowest BCUT2D eigenvalue weighted by atomic mass is 9.94. The predicted octanol–water partition coefficient (Wildman–Crippen LogP) is 2.92. The summed E-state index contributed by atoms with van der Waals surface area (Å²) in [7, 11) is 0. The maximum Gasteiger partial charge on any atom is 0.338 e. The number of hydrogen-bond donors (Lipinski definition) is 3. The van der Waals surface area contributed by atoms with Gasteiger partial charge < -0.3 is 25.6 Å². The van der Waals surface area contributed by atoms with Gasteiger partial charge in [-0.15, -0.1) is 0 Å². The number of esters is 1. The Morgan fingerprint density at radius 2 is 2.04 bits per heavy atom. The molecule has 3 N–H and O–H groups in total. The van der Waals surface area contributed by atoms with Gasteiger partial charge in [0.2, 0.25) is 0 Å². The monoisotopic (exact) mass is 390 g/mol. The number of carbonyl (C=O) groups excluding carboxylic acids is 2. The summed E-state index contributed by atoms with van der Waals surface area (Å²) >= 11 is 5.47. The topological polar surface area (TPSA) is 82.7 Å². The average Bonchev–Trinajstić information content (AvgIpc) is 2.62. The van der Waals surface area contributed by atoms with Crippen molar-refractivity contribution in [1.29, 1.82) is 0 Å². The number of urea groups is 1. The fourth-order valence-corrected chi connectivity index (χ4v) is 3.40. The summed E-state index contributed by atoms with van der Waals surface area (Å²) in [6, 6.07) is 6.60. The van der Waals surface area contributed by atoms with Crippen LogP contribution in [0.25, 0.3) is 0 Å². The predicted molar refractivity (Wildman–Crippen MR) is 109 cm³/mol. The summed E-state index contributed by atoms with van der Waals surface area (Å²) in [6.45, 7) is 8.93. The lowest BCUT2D eigenvalue weighted by Gasteiger charge is -2.37. The number of thiocarbonyl (C=S) groups is 1. The van der Waals surface area contributed by atoms with Gasteiger partial charge in [0.15, 0.2) is 5.11 Å². The Bertz CT molecular complexity index is 763. The number of benzene rings is 1. The minimum Gasteiger partial charge on any atom is -0.463 e. The highest BCUT2D eigenvalue weighted by molar-refractivity contribution is 7.80. The second-order valence-electron chi connectivity index (χ2n) is 5.96. The highest BCUT2D eigenvalue weighted by Gasteiger charge is 2.34. The van der Waals surface area contributed by atoms with E-state index in [2.05, 4.69) is 16.0 Å². The lowest BCUT2D eigenvalue weighted by Crippen LogP contribution is -2.47. The van der Waals surface area contributed by atoms with E-state index in [1.807, 2.05) is 43.9 Å². The first-order chi connectivity index (χ1) is 12.9. The molecule has 27 heavy (non-hydrogen) atoms. The Labute approximate surface area is 165 Å². The van der Waals surface area contributed by atoms with Crippen molar-refractivity contribution in [3.8, 4) is 0 Å². The molecule has 0 bridgehead atoms. The van der Waals surface area contributed by atoms with E-state index in [0.29, 0.717) is 29.5 Å². The Kier molecular flexibility index (Phi) is 7.18. The highest BCUT2D eigenvalue weighted by atomic mass is 32.1. The molecule has 1 heterocycles. The number of hydrogen-bond acceptors (Lipinski definition) is 4. The SMILES string of the molecule is CCNC(=O)Nc1cccc(C2NC(=S)N(CC)C(C)=C2C(=O)OCC)c1. The van der Waals surface area contributed by atoms with Gasteiger partial charge >= 0.3 is 12.0 Å². The van der Waals surface area contributed by atoms with Gasteiger partial charge in [0.05, 0.1) is 18.2 Å². The number of nitrogens with one attached hydrogen (secondary N) is 3. The van der Waals surface area contributed by atoms with Crippen LogP contribution in [0, 0.1) is 0 Å². The second kappa shape index (κ2) is 9.36. The normalized spacial score (nSPS) is 16.7. The Balaban J connectivity index is 2.42. The molecule has 1 atom stereocenters. The molecule has 0 radical (unpaired) electrons. The van der Waals surface area contributed by atoms with Gasteiger partial charge in [-0.3, -0.25) is 0 Å². The second-order valence-corrected chi connectivity index (χ2v) is 6.34. The van der Waals surface area contributed by atoms with E-state index in [9.17, 15) is 9.59 Å². The van der Waals surface area contributed by atoms with E-state index in [0.717, 1.165) is 11.3 Å². The molecule has 7 nitrogen and oxygen atoms in total. The quantitative estimate of drug-likeness (QED) is 0.512. The van der Waals surface area contributed by atoms with Crippen molar-refractivity contribution in [3.05, 3.63) is 41.1 Å². The van der Waals surface area contributed by atoms with Gasteiger partial charge in [0, 0.05) is 24.5 Å². The highest BCUT2D eigenvalue weighted by Crippen LogP contribution is 2.32. The molecule has 0 aromatic heterocycles. The van der Waals surface area contributed by atoms with E-state index in [4.69, 9.17) is 17.0 Å². The van der Waals surface area contributed by atoms with Gasteiger partial charge in [-0.2, -0.15) is 0 Å². The molecule has 1 aliphatic heterocycles. The zero-order chi connectivity index (χ0) is 20.0. The first-order valence-electron chi connectivity index (χ1n) is 9.03. The largest absolute Gasteiger partial charge is 0.463 e. The maximum atomic E-state index is 12.6. The van der Waals surface area contributed by atoms with Crippen LogP contribution in [-0.4, -0.2) is 41.7 Å². The number of allylic oxidation sites excluding steroid dienone is 1. The number of anilines is 1. The molecular weight excluding hydrogens is 364 g/mol. The van der Waals surface area contributed by atoms with Crippen molar-refractivity contribution in [3.63, 3.8) is 0 Å². The molecule has 2 amide bonds. The standard InChI is InChI=1S/C19H26N4O3S/c1-5-20-18(25)21-14-10-8-9-13(11-14)16-15(17(24)26-7-3)12(4)23(6-2)19(27)22-16/h8-11,16H,5-7H2,1-4H3,(H,22,27)(H2,20,21,25). The molecule has 1 aliphatic rings. The molecule has 0 aliphatic carbocycles. The molecular formula is C19H26N4O3S. The van der Waals surface area contributed by atoms with E-state index in [1.54, 1.807) is 13.0 Å². The Hall–Kier alpha value is -2.61. The summed E-state index contributed by atoms with van der Waals surface area (Å²) in [5, 5.41) is 9.25. The van der Waals surface area contributed by atoms with Gasteiger partial charge in [0.1, 0.15) is 0 Å². The van der Waals surface area contributed by atoms with Crippen LogP contribution in [0.4, 0.5) is 10.5 Å². The third kappa shape index (κ3) is 4.77. The third-order valence-corrected chi connectivity index (χ3v) is 4.56. The molecule has 0 saturated carbocycles. The molecule has 0 saturated heterocycles. The Morgan fingerprint density at radius 1 is 1.30 bits per heavy atom. The third-order valence-electron chi connectivity index (χ3n) is 4.22. The van der Waals surface area contributed by atoms with Crippen molar-refractivity contribution in [1.82, 2.24) is 15.5 Å². The Morgan fingerprint density at radius 3 is 2.67 bits per heavy atom. The molecule has 8 heteroatoms. The van der Waals surface area contributed by atoms with Crippen LogP contribution in [0.5, 0.6) is 0 Å². The fourth-order valence-electron chi connectivity index (χ4n) is 3.02. The van der Waals surface area contributed by atoms with E-state index in [1.165, 1.54) is 0 Å². The summed E-state index contributed by atoms with van der Waals surface area (Å²) in [6.07, 6.45) is 0. The first kappa shape index (κ1) is 20.7. The summed E-state index contributed by atoms with van der Waals surface area (Å²) in [5.74, 6) is -0.379. The molecule has 0 fully saturated rings. The van der Waals surface area contributed by atoms with Gasteiger partial charge in [-0.05, 0) is 57.6 Å². The molecule has 1 unspecified atom stereocenters. The summed E-state index contributed by atoms with van der Waals surface area (Å²) in [4.78, 5) is 26.3. The zero-order valence-corrected chi connectivity index (χ0v) is 16.9. The minimum absolute atomic E-state index is 0.281. The molecule has 1 aromatic rings. The lowest BCUT2D eigenvalue weighted by molar-refractivity contribution is -0.139. The van der Waals surface area contributed by atoms with Gasteiger partial charge in [0.25, 0.3) is 0 Å².